The maximum atomic E-state index is 13.4. The second kappa shape index (κ2) is 6.37. The highest BCUT2D eigenvalue weighted by Gasteiger charge is 2.11. The molecule has 0 radical (unpaired) electrons. The molecule has 0 heterocycles. The van der Waals surface area contributed by atoms with E-state index in [4.69, 9.17) is 5.73 Å². The summed E-state index contributed by atoms with van der Waals surface area (Å²) < 4.78 is 14.3. The van der Waals surface area contributed by atoms with Gasteiger partial charge in [-0.05, 0) is 49.7 Å². The third-order valence-electron chi connectivity index (χ3n) is 3.22. The average molecular weight is 337 g/mol. The molecule has 1 atom stereocenters. The zero-order valence-corrected chi connectivity index (χ0v) is 13.2. The molecule has 1 unspecified atom stereocenters. The van der Waals surface area contributed by atoms with E-state index in [-0.39, 0.29) is 11.9 Å². The maximum Gasteiger partial charge on any atom is 0.125 e. The van der Waals surface area contributed by atoms with E-state index in [0.717, 1.165) is 28.0 Å². The van der Waals surface area contributed by atoms with Crippen molar-refractivity contribution in [1.82, 2.24) is 0 Å². The topological polar surface area (TPSA) is 29.3 Å². The molecular weight excluding hydrogens is 319 g/mol. The van der Waals surface area contributed by atoms with E-state index in [1.807, 2.05) is 38.1 Å². The van der Waals surface area contributed by atoms with Crippen molar-refractivity contribution in [3.63, 3.8) is 0 Å². The minimum absolute atomic E-state index is 0.0253. The fourth-order valence-corrected chi connectivity index (χ4v) is 2.94. The highest BCUT2D eigenvalue weighted by atomic mass is 79.9. The molecular formula is C16H18BrFN2. The first-order chi connectivity index (χ1) is 9.52. The number of hydrogen-bond donors (Lipinski definition) is 1. The number of nitrogens with zero attached hydrogens (tertiary/aromatic N) is 1. The average Bonchev–Trinajstić information content (AvgIpc) is 2.39. The summed E-state index contributed by atoms with van der Waals surface area (Å²) in [5, 5.41) is 0. The van der Waals surface area contributed by atoms with Gasteiger partial charge in [-0.25, -0.2) is 4.39 Å². The van der Waals surface area contributed by atoms with E-state index in [2.05, 4.69) is 20.8 Å². The van der Waals surface area contributed by atoms with Crippen LogP contribution < -0.4 is 10.6 Å². The molecule has 0 saturated carbocycles. The molecule has 2 N–H and O–H groups in total. The first kappa shape index (κ1) is 15.0. The summed E-state index contributed by atoms with van der Waals surface area (Å²) in [5.41, 5.74) is 8.82. The number of hydrogen-bond acceptors (Lipinski definition) is 2. The van der Waals surface area contributed by atoms with E-state index >= 15 is 0 Å². The highest BCUT2D eigenvalue weighted by Crippen LogP contribution is 2.31. The van der Waals surface area contributed by atoms with Crippen LogP contribution in [-0.2, 0) is 0 Å². The van der Waals surface area contributed by atoms with Gasteiger partial charge < -0.3 is 10.6 Å². The number of halogens is 2. The Labute approximate surface area is 127 Å². The summed E-state index contributed by atoms with van der Waals surface area (Å²) in [5.74, 6) is -0.229. The Morgan fingerprint density at radius 2 is 1.90 bits per heavy atom. The third-order valence-corrected chi connectivity index (χ3v) is 3.91. The van der Waals surface area contributed by atoms with Crippen molar-refractivity contribution in [3.8, 4) is 0 Å². The van der Waals surface area contributed by atoms with E-state index in [1.165, 1.54) is 12.1 Å². The molecule has 106 valence electrons. The molecule has 0 spiro atoms. The molecule has 0 saturated heterocycles. The molecule has 0 aliphatic carbocycles. The second-order valence-electron chi connectivity index (χ2n) is 4.72. The van der Waals surface area contributed by atoms with Crippen LogP contribution >= 0.6 is 15.9 Å². The SMILES string of the molecule is CCN(c1cccc(F)c1)c1ccc(C(C)N)c(Br)c1. The van der Waals surface area contributed by atoms with Gasteiger partial charge in [-0.15, -0.1) is 0 Å². The zero-order chi connectivity index (χ0) is 14.7. The van der Waals surface area contributed by atoms with E-state index < -0.39 is 0 Å². The molecule has 0 amide bonds. The molecule has 0 bridgehead atoms. The molecule has 4 heteroatoms. The van der Waals surface area contributed by atoms with Gasteiger partial charge in [0.2, 0.25) is 0 Å². The van der Waals surface area contributed by atoms with Crippen molar-refractivity contribution in [2.45, 2.75) is 19.9 Å². The van der Waals surface area contributed by atoms with Crippen molar-refractivity contribution < 1.29 is 4.39 Å². The lowest BCUT2D eigenvalue weighted by Crippen LogP contribution is -2.16. The molecule has 0 aliphatic heterocycles. The quantitative estimate of drug-likeness (QED) is 0.871. The normalized spacial score (nSPS) is 12.2. The van der Waals surface area contributed by atoms with Crippen LogP contribution in [0.25, 0.3) is 0 Å². The summed E-state index contributed by atoms with van der Waals surface area (Å²) >= 11 is 3.55. The third kappa shape index (κ3) is 3.19. The Hall–Kier alpha value is -1.39. The summed E-state index contributed by atoms with van der Waals surface area (Å²) in [6.45, 7) is 4.75. The fraction of sp³-hybridized carbons (Fsp3) is 0.250. The zero-order valence-electron chi connectivity index (χ0n) is 11.6. The Kier molecular flexibility index (Phi) is 4.78. The van der Waals surface area contributed by atoms with Crippen LogP contribution in [0.5, 0.6) is 0 Å². The number of rotatable bonds is 4. The van der Waals surface area contributed by atoms with E-state index in [1.54, 1.807) is 6.07 Å². The monoisotopic (exact) mass is 336 g/mol. The summed E-state index contributed by atoms with van der Waals surface area (Å²) in [7, 11) is 0. The van der Waals surface area contributed by atoms with Gasteiger partial charge in [-0.1, -0.05) is 28.1 Å². The molecule has 0 aromatic heterocycles. The van der Waals surface area contributed by atoms with Crippen molar-refractivity contribution in [3.05, 3.63) is 58.3 Å². The molecule has 2 nitrogen and oxygen atoms in total. The van der Waals surface area contributed by atoms with Crippen molar-refractivity contribution in [2.24, 2.45) is 5.73 Å². The molecule has 0 aliphatic rings. The minimum atomic E-state index is -0.229. The van der Waals surface area contributed by atoms with Crippen LogP contribution in [0, 0.1) is 5.82 Å². The number of anilines is 2. The van der Waals surface area contributed by atoms with Crippen LogP contribution in [-0.4, -0.2) is 6.54 Å². The van der Waals surface area contributed by atoms with Gasteiger partial charge in [0.25, 0.3) is 0 Å². The van der Waals surface area contributed by atoms with Gasteiger partial charge in [0.15, 0.2) is 0 Å². The highest BCUT2D eigenvalue weighted by molar-refractivity contribution is 9.10. The van der Waals surface area contributed by atoms with E-state index in [9.17, 15) is 4.39 Å². The molecule has 2 aromatic carbocycles. The summed E-state index contributed by atoms with van der Waals surface area (Å²) in [6, 6.07) is 12.6. The Balaban J connectivity index is 2.40. The Morgan fingerprint density at radius 3 is 2.45 bits per heavy atom. The van der Waals surface area contributed by atoms with Crippen molar-refractivity contribution >= 4 is 27.3 Å². The molecule has 0 fully saturated rings. The smallest absolute Gasteiger partial charge is 0.125 e. The van der Waals surface area contributed by atoms with Gasteiger partial charge in [0.1, 0.15) is 5.82 Å². The van der Waals surface area contributed by atoms with E-state index in [0.29, 0.717) is 0 Å². The van der Waals surface area contributed by atoms with Crippen molar-refractivity contribution in [2.75, 3.05) is 11.4 Å². The van der Waals surface area contributed by atoms with Crippen LogP contribution in [0.3, 0.4) is 0 Å². The Bertz CT molecular complexity index is 599. The standard InChI is InChI=1S/C16H18BrFN2/c1-3-20(13-6-4-5-12(18)9-13)14-7-8-15(11(2)19)16(17)10-14/h4-11H,3,19H2,1-2H3. The molecule has 2 rings (SSSR count). The van der Waals surface area contributed by atoms with Crippen LogP contribution in [0.1, 0.15) is 25.5 Å². The summed E-state index contributed by atoms with van der Waals surface area (Å²) in [6.07, 6.45) is 0. The number of benzene rings is 2. The lowest BCUT2D eigenvalue weighted by Gasteiger charge is -2.24. The van der Waals surface area contributed by atoms with Gasteiger partial charge in [-0.2, -0.15) is 0 Å². The largest absolute Gasteiger partial charge is 0.342 e. The number of nitrogens with two attached hydrogens (primary N) is 1. The second-order valence-corrected chi connectivity index (χ2v) is 5.57. The predicted molar refractivity (Wildman–Crippen MR) is 85.8 cm³/mol. The molecule has 2 aromatic rings. The maximum absolute atomic E-state index is 13.4. The first-order valence-corrected chi connectivity index (χ1v) is 7.40. The first-order valence-electron chi connectivity index (χ1n) is 6.61. The van der Waals surface area contributed by atoms with Crippen LogP contribution in [0.2, 0.25) is 0 Å². The fourth-order valence-electron chi connectivity index (χ4n) is 2.21. The van der Waals surface area contributed by atoms with Gasteiger partial charge in [-0.3, -0.25) is 0 Å². The van der Waals surface area contributed by atoms with Crippen molar-refractivity contribution in [1.29, 1.82) is 0 Å². The van der Waals surface area contributed by atoms with Crippen LogP contribution in [0.15, 0.2) is 46.9 Å². The lowest BCUT2D eigenvalue weighted by atomic mass is 10.1. The predicted octanol–water partition coefficient (Wildman–Crippen LogP) is 4.77. The minimum Gasteiger partial charge on any atom is -0.342 e. The van der Waals surface area contributed by atoms with Gasteiger partial charge >= 0.3 is 0 Å². The van der Waals surface area contributed by atoms with Crippen LogP contribution in [0.4, 0.5) is 15.8 Å². The molecule has 20 heavy (non-hydrogen) atoms. The van der Waals surface area contributed by atoms with Gasteiger partial charge in [0, 0.05) is 28.4 Å². The Morgan fingerprint density at radius 1 is 1.20 bits per heavy atom. The van der Waals surface area contributed by atoms with Gasteiger partial charge in [0.05, 0.1) is 0 Å². The lowest BCUT2D eigenvalue weighted by molar-refractivity contribution is 0.627. The summed E-state index contributed by atoms with van der Waals surface area (Å²) in [4.78, 5) is 2.05.